The summed E-state index contributed by atoms with van der Waals surface area (Å²) in [5.41, 5.74) is 0.257. The summed E-state index contributed by atoms with van der Waals surface area (Å²) in [6, 6.07) is 15.2. The molecule has 0 aromatic heterocycles. The highest BCUT2D eigenvalue weighted by Gasteiger charge is 2.11. The first-order valence-electron chi connectivity index (χ1n) is 7.43. The summed E-state index contributed by atoms with van der Waals surface area (Å²) in [4.78, 5) is 23.8. The standard InChI is InChI=1S/C19H13F2NO3/c20-15-8-16(21)10-17(9-15)22-18(23)11-25-19(24)14-6-5-12-3-1-2-4-13(12)7-14/h1-10H,11H2,(H,22,23). The number of benzene rings is 3. The van der Waals surface area contributed by atoms with Crippen molar-refractivity contribution in [2.45, 2.75) is 0 Å². The molecule has 6 heteroatoms. The summed E-state index contributed by atoms with van der Waals surface area (Å²) in [6.07, 6.45) is 0. The first-order chi connectivity index (χ1) is 12.0. The summed E-state index contributed by atoms with van der Waals surface area (Å²) in [5, 5.41) is 4.11. The van der Waals surface area contributed by atoms with Gasteiger partial charge in [-0.05, 0) is 35.0 Å². The fourth-order valence-electron chi connectivity index (χ4n) is 2.35. The number of fused-ring (bicyclic) bond motifs is 1. The molecule has 4 nitrogen and oxygen atoms in total. The normalized spacial score (nSPS) is 10.5. The molecule has 25 heavy (non-hydrogen) atoms. The zero-order valence-electron chi connectivity index (χ0n) is 13.0. The van der Waals surface area contributed by atoms with Crippen molar-refractivity contribution in [2.24, 2.45) is 0 Å². The van der Waals surface area contributed by atoms with Crippen molar-refractivity contribution < 1.29 is 23.1 Å². The predicted octanol–water partition coefficient (Wildman–Crippen LogP) is 3.91. The summed E-state index contributed by atoms with van der Waals surface area (Å²) < 4.78 is 31.1. The second kappa shape index (κ2) is 7.09. The first kappa shape index (κ1) is 16.6. The fraction of sp³-hybridized carbons (Fsp3) is 0.0526. The Morgan fingerprint density at radius 3 is 2.28 bits per heavy atom. The van der Waals surface area contributed by atoms with Crippen LogP contribution in [0.3, 0.4) is 0 Å². The van der Waals surface area contributed by atoms with Crippen molar-refractivity contribution in [2.75, 3.05) is 11.9 Å². The number of carbonyl (C=O) groups is 2. The Bertz CT molecular complexity index is 936. The van der Waals surface area contributed by atoms with Crippen molar-refractivity contribution >= 4 is 28.3 Å². The highest BCUT2D eigenvalue weighted by Crippen LogP contribution is 2.16. The van der Waals surface area contributed by atoms with Gasteiger partial charge in [0.25, 0.3) is 5.91 Å². The lowest BCUT2D eigenvalue weighted by atomic mass is 10.1. The molecule has 3 aromatic rings. The zero-order chi connectivity index (χ0) is 17.8. The molecule has 0 bridgehead atoms. The van der Waals surface area contributed by atoms with Crippen LogP contribution in [0.1, 0.15) is 10.4 Å². The minimum absolute atomic E-state index is 0.0516. The van der Waals surface area contributed by atoms with Gasteiger partial charge in [0.15, 0.2) is 6.61 Å². The second-order valence-electron chi connectivity index (χ2n) is 5.34. The molecule has 0 saturated heterocycles. The highest BCUT2D eigenvalue weighted by molar-refractivity contribution is 5.98. The summed E-state index contributed by atoms with van der Waals surface area (Å²) >= 11 is 0. The van der Waals surface area contributed by atoms with Gasteiger partial charge in [-0.15, -0.1) is 0 Å². The van der Waals surface area contributed by atoms with Gasteiger partial charge in [0.05, 0.1) is 5.56 Å². The number of nitrogens with one attached hydrogen (secondary N) is 1. The molecule has 0 radical (unpaired) electrons. The Morgan fingerprint density at radius 2 is 1.56 bits per heavy atom. The van der Waals surface area contributed by atoms with E-state index in [1.54, 1.807) is 18.2 Å². The van der Waals surface area contributed by atoms with Gasteiger partial charge < -0.3 is 10.1 Å². The Kier molecular flexibility index (Phi) is 4.70. The molecule has 3 rings (SSSR count). The maximum atomic E-state index is 13.1. The van der Waals surface area contributed by atoms with Crippen molar-refractivity contribution in [1.29, 1.82) is 0 Å². The lowest BCUT2D eigenvalue weighted by Crippen LogP contribution is -2.21. The van der Waals surface area contributed by atoms with Crippen molar-refractivity contribution in [3.05, 3.63) is 77.9 Å². The molecular weight excluding hydrogens is 328 g/mol. The van der Waals surface area contributed by atoms with Crippen molar-refractivity contribution in [3.8, 4) is 0 Å². The molecule has 1 N–H and O–H groups in total. The molecule has 0 saturated carbocycles. The Labute approximate surface area is 142 Å². The molecule has 1 amide bonds. The van der Waals surface area contributed by atoms with E-state index in [4.69, 9.17) is 4.74 Å². The number of amides is 1. The van der Waals surface area contributed by atoms with Crippen LogP contribution in [0.5, 0.6) is 0 Å². The van der Waals surface area contributed by atoms with Crippen LogP contribution in [0.25, 0.3) is 10.8 Å². The van der Waals surface area contributed by atoms with Crippen LogP contribution in [0.4, 0.5) is 14.5 Å². The molecule has 0 aliphatic heterocycles. The number of halogens is 2. The smallest absolute Gasteiger partial charge is 0.338 e. The average molecular weight is 341 g/mol. The minimum Gasteiger partial charge on any atom is -0.452 e. The Balaban J connectivity index is 1.61. The molecule has 0 aliphatic carbocycles. The van der Waals surface area contributed by atoms with Crippen LogP contribution < -0.4 is 5.32 Å². The number of hydrogen-bond acceptors (Lipinski definition) is 3. The van der Waals surface area contributed by atoms with E-state index < -0.39 is 30.1 Å². The summed E-state index contributed by atoms with van der Waals surface area (Å²) in [5.74, 6) is -2.99. The molecule has 0 unspecified atom stereocenters. The Morgan fingerprint density at radius 1 is 0.880 bits per heavy atom. The van der Waals surface area contributed by atoms with E-state index in [1.165, 1.54) is 0 Å². The van der Waals surface area contributed by atoms with E-state index in [0.717, 1.165) is 22.9 Å². The van der Waals surface area contributed by atoms with E-state index >= 15 is 0 Å². The molecular formula is C19H13F2NO3. The first-order valence-corrected chi connectivity index (χ1v) is 7.43. The lowest BCUT2D eigenvalue weighted by Gasteiger charge is -2.07. The largest absolute Gasteiger partial charge is 0.452 e. The third kappa shape index (κ3) is 4.17. The Hall–Kier alpha value is -3.28. The van der Waals surface area contributed by atoms with Crippen molar-refractivity contribution in [3.63, 3.8) is 0 Å². The van der Waals surface area contributed by atoms with Crippen LogP contribution in [-0.4, -0.2) is 18.5 Å². The van der Waals surface area contributed by atoms with Crippen LogP contribution >= 0.6 is 0 Å². The minimum atomic E-state index is -0.816. The highest BCUT2D eigenvalue weighted by atomic mass is 19.1. The number of anilines is 1. The summed E-state index contributed by atoms with van der Waals surface area (Å²) in [6.45, 7) is -0.566. The lowest BCUT2D eigenvalue weighted by molar-refractivity contribution is -0.119. The van der Waals surface area contributed by atoms with E-state index in [0.29, 0.717) is 11.6 Å². The van der Waals surface area contributed by atoms with Gasteiger partial charge >= 0.3 is 5.97 Å². The van der Waals surface area contributed by atoms with E-state index in [1.807, 2.05) is 24.3 Å². The van der Waals surface area contributed by atoms with E-state index in [-0.39, 0.29) is 5.69 Å². The van der Waals surface area contributed by atoms with Crippen LogP contribution in [-0.2, 0) is 9.53 Å². The van der Waals surface area contributed by atoms with Gasteiger partial charge in [0.2, 0.25) is 0 Å². The van der Waals surface area contributed by atoms with Gasteiger partial charge in [-0.25, -0.2) is 13.6 Å². The van der Waals surface area contributed by atoms with Crippen molar-refractivity contribution in [1.82, 2.24) is 0 Å². The number of hydrogen-bond donors (Lipinski definition) is 1. The van der Waals surface area contributed by atoms with Gasteiger partial charge in [-0.1, -0.05) is 30.3 Å². The SMILES string of the molecule is O=C(COC(=O)c1ccc2ccccc2c1)Nc1cc(F)cc(F)c1. The second-order valence-corrected chi connectivity index (χ2v) is 5.34. The molecule has 0 atom stereocenters. The molecule has 0 aliphatic rings. The fourth-order valence-corrected chi connectivity index (χ4v) is 2.35. The van der Waals surface area contributed by atoms with Crippen LogP contribution in [0, 0.1) is 11.6 Å². The predicted molar refractivity (Wildman–Crippen MR) is 89.2 cm³/mol. The quantitative estimate of drug-likeness (QED) is 0.732. The average Bonchev–Trinajstić information content (AvgIpc) is 2.58. The topological polar surface area (TPSA) is 55.4 Å². The van der Waals surface area contributed by atoms with Gasteiger partial charge in [0.1, 0.15) is 11.6 Å². The molecule has 126 valence electrons. The maximum Gasteiger partial charge on any atom is 0.338 e. The molecule has 3 aromatic carbocycles. The molecule has 0 heterocycles. The number of ether oxygens (including phenoxy) is 1. The van der Waals surface area contributed by atoms with Crippen LogP contribution in [0.15, 0.2) is 60.7 Å². The molecule has 0 spiro atoms. The van der Waals surface area contributed by atoms with Gasteiger partial charge in [-0.3, -0.25) is 4.79 Å². The van der Waals surface area contributed by atoms with E-state index in [2.05, 4.69) is 5.32 Å². The monoisotopic (exact) mass is 341 g/mol. The molecule has 0 fully saturated rings. The maximum absolute atomic E-state index is 13.1. The van der Waals surface area contributed by atoms with Gasteiger partial charge in [-0.2, -0.15) is 0 Å². The summed E-state index contributed by atoms with van der Waals surface area (Å²) in [7, 11) is 0. The van der Waals surface area contributed by atoms with Gasteiger partial charge in [0, 0.05) is 11.8 Å². The number of carbonyl (C=O) groups excluding carboxylic acids is 2. The number of rotatable bonds is 4. The van der Waals surface area contributed by atoms with E-state index in [9.17, 15) is 18.4 Å². The third-order valence-electron chi connectivity index (χ3n) is 3.47. The third-order valence-corrected chi connectivity index (χ3v) is 3.47. The number of esters is 1. The van der Waals surface area contributed by atoms with Crippen LogP contribution in [0.2, 0.25) is 0 Å². The zero-order valence-corrected chi connectivity index (χ0v) is 13.0.